The summed E-state index contributed by atoms with van der Waals surface area (Å²) in [4.78, 5) is 12.2. The lowest BCUT2D eigenvalue weighted by atomic mass is 10.1. The first-order valence-electron chi connectivity index (χ1n) is 6.05. The smallest absolute Gasteiger partial charge is 0.196 e. The van der Waals surface area contributed by atoms with Gasteiger partial charge in [0, 0.05) is 15.5 Å². The number of phenolic OH excluding ortho intramolecular Hbond substituents is 2. The Morgan fingerprint density at radius 3 is 2.37 bits per heavy atom. The first-order valence-corrected chi connectivity index (χ1v) is 6.86. The molecular weight excluding hydrogens is 260 g/mol. The van der Waals surface area contributed by atoms with E-state index in [-0.39, 0.29) is 16.9 Å². The zero-order chi connectivity index (χ0) is 14.0. The Kier molecular flexibility index (Phi) is 3.71. The summed E-state index contributed by atoms with van der Waals surface area (Å²) >= 11 is 1.30. The van der Waals surface area contributed by atoms with Crippen molar-refractivity contribution in [2.75, 3.05) is 0 Å². The van der Waals surface area contributed by atoms with E-state index in [1.54, 1.807) is 6.07 Å². The molecule has 0 fully saturated rings. The maximum absolute atomic E-state index is 12.2. The maximum atomic E-state index is 12.2. The molecule has 1 aromatic heterocycles. The monoisotopic (exact) mass is 274 g/mol. The second-order valence-corrected chi connectivity index (χ2v) is 4.79. The molecule has 0 bridgehead atoms. The third-order valence-electron chi connectivity index (χ3n) is 2.70. The Hall–Kier alpha value is -2.07. The molecule has 3 rings (SSSR count). The topological polar surface area (TPSA) is 57.5 Å². The first-order chi connectivity index (χ1) is 9.18. The number of aromatic hydroxyl groups is 2. The molecule has 2 aromatic carbocycles. The second-order valence-electron chi connectivity index (χ2n) is 3.74. The van der Waals surface area contributed by atoms with Gasteiger partial charge < -0.3 is 10.2 Å². The minimum absolute atomic E-state index is 0.121. The lowest BCUT2D eigenvalue weighted by molar-refractivity contribution is 0.409. The molecule has 1 heterocycles. The highest BCUT2D eigenvalue weighted by molar-refractivity contribution is 7.24. The van der Waals surface area contributed by atoms with Crippen LogP contribution in [0.3, 0.4) is 0 Å². The van der Waals surface area contributed by atoms with Crippen molar-refractivity contribution in [3.63, 3.8) is 0 Å². The van der Waals surface area contributed by atoms with Gasteiger partial charge in [-0.05, 0) is 24.3 Å². The number of benzene rings is 2. The Labute approximate surface area is 114 Å². The quantitative estimate of drug-likeness (QED) is 0.483. The van der Waals surface area contributed by atoms with Crippen LogP contribution in [0.25, 0.3) is 20.2 Å². The summed E-state index contributed by atoms with van der Waals surface area (Å²) in [6, 6.07) is 10.1. The van der Waals surface area contributed by atoms with Gasteiger partial charge in [0.25, 0.3) is 0 Å². The van der Waals surface area contributed by atoms with Crippen molar-refractivity contribution in [2.45, 2.75) is 13.8 Å². The van der Waals surface area contributed by atoms with Crippen LogP contribution in [0, 0.1) is 0 Å². The normalized spacial score (nSPS) is 10.2. The second kappa shape index (κ2) is 5.28. The zero-order valence-corrected chi connectivity index (χ0v) is 11.5. The molecule has 0 saturated heterocycles. The summed E-state index contributed by atoms with van der Waals surface area (Å²) in [6.45, 7) is 4.00. The molecule has 2 N–H and O–H groups in total. The van der Waals surface area contributed by atoms with Gasteiger partial charge in [0.05, 0.1) is 4.70 Å². The molecule has 3 nitrogen and oxygen atoms in total. The minimum atomic E-state index is -0.227. The molecule has 0 aliphatic heterocycles. The largest absolute Gasteiger partial charge is 0.504 e. The fourth-order valence-corrected chi connectivity index (χ4v) is 2.95. The summed E-state index contributed by atoms with van der Waals surface area (Å²) in [5.41, 5.74) is -0.121. The van der Waals surface area contributed by atoms with Crippen LogP contribution in [-0.4, -0.2) is 10.2 Å². The van der Waals surface area contributed by atoms with Gasteiger partial charge in [0.1, 0.15) is 0 Å². The van der Waals surface area contributed by atoms with Gasteiger partial charge in [-0.25, -0.2) is 0 Å². The van der Waals surface area contributed by atoms with Crippen molar-refractivity contribution in [1.82, 2.24) is 0 Å². The highest BCUT2D eigenvalue weighted by atomic mass is 32.1. The van der Waals surface area contributed by atoms with Crippen LogP contribution in [0.2, 0.25) is 0 Å². The van der Waals surface area contributed by atoms with Gasteiger partial charge in [0.2, 0.25) is 0 Å². The fraction of sp³-hybridized carbons (Fsp3) is 0.133. The van der Waals surface area contributed by atoms with Gasteiger partial charge in [-0.2, -0.15) is 0 Å². The highest BCUT2D eigenvalue weighted by Gasteiger charge is 2.11. The summed E-state index contributed by atoms with van der Waals surface area (Å²) in [6.07, 6.45) is 0. The van der Waals surface area contributed by atoms with E-state index in [0.717, 1.165) is 4.70 Å². The van der Waals surface area contributed by atoms with Crippen molar-refractivity contribution in [1.29, 1.82) is 0 Å². The number of rotatable bonds is 0. The van der Waals surface area contributed by atoms with Crippen LogP contribution in [0.15, 0.2) is 41.2 Å². The van der Waals surface area contributed by atoms with Crippen LogP contribution in [0.1, 0.15) is 13.8 Å². The molecule has 4 heteroatoms. The molecule has 19 heavy (non-hydrogen) atoms. The Balaban J connectivity index is 0.000000637. The van der Waals surface area contributed by atoms with Gasteiger partial charge in [-0.3, -0.25) is 4.79 Å². The van der Waals surface area contributed by atoms with E-state index in [1.807, 2.05) is 32.0 Å². The standard InChI is InChI=1S/C13H8O3S.C2H6/c14-9-6-5-8-11(15)7-3-1-2-4-10(7)17-13(8)12(9)16;1-2/h1-6,14,16H;1-2H3. The SMILES string of the molecule is CC.O=c1c2ccccc2sc2c(O)c(O)ccc12. The van der Waals surface area contributed by atoms with Gasteiger partial charge >= 0.3 is 0 Å². The van der Waals surface area contributed by atoms with E-state index >= 15 is 0 Å². The van der Waals surface area contributed by atoms with Crippen molar-refractivity contribution in [3.8, 4) is 11.5 Å². The summed E-state index contributed by atoms with van der Waals surface area (Å²) in [5, 5.41) is 20.3. The molecule has 98 valence electrons. The van der Waals surface area contributed by atoms with E-state index < -0.39 is 0 Å². The Morgan fingerprint density at radius 2 is 1.63 bits per heavy atom. The lowest BCUT2D eigenvalue weighted by Crippen LogP contribution is -2.00. The van der Waals surface area contributed by atoms with Gasteiger partial charge in [0.15, 0.2) is 16.9 Å². The zero-order valence-electron chi connectivity index (χ0n) is 10.7. The Bertz CT molecular complexity index is 790. The molecule has 0 amide bonds. The molecule has 0 spiro atoms. The third-order valence-corrected chi connectivity index (χ3v) is 3.89. The number of phenols is 2. The molecule has 0 atom stereocenters. The molecule has 0 aliphatic rings. The van der Waals surface area contributed by atoms with E-state index in [9.17, 15) is 15.0 Å². The van der Waals surface area contributed by atoms with Gasteiger partial charge in [-0.1, -0.05) is 26.0 Å². The molecule has 0 aliphatic carbocycles. The molecule has 0 saturated carbocycles. The van der Waals surface area contributed by atoms with Crippen LogP contribution in [0.5, 0.6) is 11.5 Å². The van der Waals surface area contributed by atoms with Crippen molar-refractivity contribution in [2.24, 2.45) is 0 Å². The summed E-state index contributed by atoms with van der Waals surface area (Å²) in [5.74, 6) is -0.432. The number of fused-ring (bicyclic) bond motifs is 2. The van der Waals surface area contributed by atoms with Crippen molar-refractivity contribution >= 4 is 31.5 Å². The van der Waals surface area contributed by atoms with E-state index in [2.05, 4.69) is 0 Å². The average Bonchev–Trinajstić information content (AvgIpc) is 2.46. The average molecular weight is 274 g/mol. The predicted molar refractivity (Wildman–Crippen MR) is 80.3 cm³/mol. The first kappa shape index (κ1) is 13.4. The van der Waals surface area contributed by atoms with Crippen molar-refractivity contribution in [3.05, 3.63) is 46.6 Å². The molecule has 0 radical (unpaired) electrons. The van der Waals surface area contributed by atoms with E-state index in [4.69, 9.17) is 0 Å². The van der Waals surface area contributed by atoms with E-state index in [0.29, 0.717) is 15.5 Å². The summed E-state index contributed by atoms with van der Waals surface area (Å²) in [7, 11) is 0. The third kappa shape index (κ3) is 2.15. The predicted octanol–water partition coefficient (Wildman–Crippen LogP) is 3.85. The van der Waals surface area contributed by atoms with Crippen LogP contribution in [-0.2, 0) is 0 Å². The Morgan fingerprint density at radius 1 is 0.947 bits per heavy atom. The molecule has 0 unspecified atom stereocenters. The lowest BCUT2D eigenvalue weighted by Gasteiger charge is -2.03. The van der Waals surface area contributed by atoms with E-state index in [1.165, 1.54) is 23.5 Å². The maximum Gasteiger partial charge on any atom is 0.196 e. The minimum Gasteiger partial charge on any atom is -0.504 e. The number of hydrogen-bond acceptors (Lipinski definition) is 4. The van der Waals surface area contributed by atoms with Crippen LogP contribution in [0.4, 0.5) is 0 Å². The summed E-state index contributed by atoms with van der Waals surface area (Å²) < 4.78 is 1.22. The van der Waals surface area contributed by atoms with Crippen molar-refractivity contribution < 1.29 is 10.2 Å². The van der Waals surface area contributed by atoms with Gasteiger partial charge in [-0.15, -0.1) is 11.3 Å². The number of hydrogen-bond donors (Lipinski definition) is 2. The highest BCUT2D eigenvalue weighted by Crippen LogP contribution is 2.36. The fourth-order valence-electron chi connectivity index (χ4n) is 1.84. The van der Waals surface area contributed by atoms with Crippen LogP contribution < -0.4 is 5.43 Å². The van der Waals surface area contributed by atoms with Crippen LogP contribution >= 0.6 is 11.3 Å². The molecule has 3 aromatic rings. The molecular formula is C15H14O3S.